The number of allylic oxidation sites excluding steroid dienone is 1. The highest BCUT2D eigenvalue weighted by Gasteiger charge is 2.49. The fourth-order valence-electron chi connectivity index (χ4n) is 4.40. The maximum Gasteiger partial charge on any atom is 0.228 e. The molecule has 1 aliphatic heterocycles. The van der Waals surface area contributed by atoms with Gasteiger partial charge in [-0.2, -0.15) is 12.6 Å². The van der Waals surface area contributed by atoms with Crippen molar-refractivity contribution in [2.75, 3.05) is 17.2 Å². The molecule has 4 nitrogen and oxygen atoms in total. The lowest BCUT2D eigenvalue weighted by Gasteiger charge is -2.32. The van der Waals surface area contributed by atoms with Crippen LogP contribution < -0.4 is 4.90 Å². The maximum atomic E-state index is 12.1. The molecule has 0 aromatic heterocycles. The third-order valence-electron chi connectivity index (χ3n) is 6.25. The number of carbonyl (C=O) groups excluding carboxylic acids is 2. The van der Waals surface area contributed by atoms with E-state index >= 15 is 0 Å². The summed E-state index contributed by atoms with van der Waals surface area (Å²) in [7, 11) is 0. The van der Waals surface area contributed by atoms with Gasteiger partial charge in [-0.05, 0) is 29.4 Å². The lowest BCUT2D eigenvalue weighted by Crippen LogP contribution is -2.52. The number of fused-ring (bicyclic) bond motifs is 1. The Labute approximate surface area is 189 Å². The van der Waals surface area contributed by atoms with Gasteiger partial charge in [0.25, 0.3) is 0 Å². The molecule has 3 unspecified atom stereocenters. The number of Topliss-reactive ketones (excluding diaryl/α,β-unsaturated/α-hetero) is 2. The Balaban J connectivity index is 1.98. The van der Waals surface area contributed by atoms with Crippen LogP contribution in [0.5, 0.6) is 0 Å². The first-order valence-corrected chi connectivity index (χ1v) is 12.5. The first-order chi connectivity index (χ1) is 14.2. The van der Waals surface area contributed by atoms with Crippen molar-refractivity contribution in [2.45, 2.75) is 69.5 Å². The lowest BCUT2D eigenvalue weighted by atomic mass is 9.75. The van der Waals surface area contributed by atoms with E-state index in [9.17, 15) is 14.7 Å². The molecule has 1 aliphatic carbocycles. The molecule has 1 aromatic rings. The molecule has 1 N–H and O–H groups in total. The number of hydrogen-bond acceptors (Lipinski definition) is 6. The second-order valence-electron chi connectivity index (χ2n) is 8.67. The first-order valence-electron chi connectivity index (χ1n) is 10.9. The lowest BCUT2D eigenvalue weighted by molar-refractivity contribution is -0.155. The van der Waals surface area contributed by atoms with Gasteiger partial charge in [-0.25, -0.2) is 0 Å². The minimum absolute atomic E-state index is 0.120. The molecule has 2 aliphatic rings. The number of unbranched alkanes of at least 4 members (excludes halogenated alkanes) is 3. The van der Waals surface area contributed by atoms with Crippen LogP contribution in [0.4, 0.5) is 5.69 Å². The van der Waals surface area contributed by atoms with Crippen molar-refractivity contribution in [1.29, 1.82) is 0 Å². The summed E-state index contributed by atoms with van der Waals surface area (Å²) in [5, 5.41) is 10.1. The minimum Gasteiger partial charge on any atom is -0.384 e. The molecule has 3 rings (SSSR count). The van der Waals surface area contributed by atoms with Crippen molar-refractivity contribution >= 4 is 41.6 Å². The zero-order valence-electron chi connectivity index (χ0n) is 18.4. The Hall–Kier alpha value is -1.24. The summed E-state index contributed by atoms with van der Waals surface area (Å²) >= 11 is 6.55. The van der Waals surface area contributed by atoms with Crippen LogP contribution in [0, 0.1) is 5.92 Å². The number of ketones is 2. The van der Waals surface area contributed by atoms with Crippen LogP contribution >= 0.6 is 24.4 Å². The molecule has 1 fully saturated rings. The Kier molecular flexibility index (Phi) is 7.41. The van der Waals surface area contributed by atoms with E-state index in [4.69, 9.17) is 12.6 Å². The fourth-order valence-corrected chi connectivity index (χ4v) is 5.66. The SMILES string of the molecule is CCCCCCN1/C(=C/C2C(=O)C(=O)C2O)C(C)(C)c2cc(C(S)SCC)ccc21. The maximum absolute atomic E-state index is 12.1. The summed E-state index contributed by atoms with van der Waals surface area (Å²) in [4.78, 5) is 25.9. The van der Waals surface area contributed by atoms with Crippen LogP contribution in [0.25, 0.3) is 0 Å². The molecule has 1 aromatic carbocycles. The van der Waals surface area contributed by atoms with E-state index in [0.717, 1.165) is 36.5 Å². The van der Waals surface area contributed by atoms with Crippen molar-refractivity contribution in [3.63, 3.8) is 0 Å². The largest absolute Gasteiger partial charge is 0.384 e. The number of thiol groups is 1. The summed E-state index contributed by atoms with van der Waals surface area (Å²) < 4.78 is 0.120. The standard InChI is InChI=1S/C24H33NO3S2/c1-5-7-8-9-12-25-18-11-10-15(23(29)30-6-2)13-17(18)24(3,4)19(25)14-16-20(26)22(28)21(16)27/h10-11,13-14,16,20,23,26,29H,5-9,12H2,1-4H3/b19-14+. The topological polar surface area (TPSA) is 57.6 Å². The second kappa shape index (κ2) is 9.49. The predicted octanol–water partition coefficient (Wildman–Crippen LogP) is 5.06. The molecule has 0 saturated heterocycles. The highest BCUT2D eigenvalue weighted by molar-refractivity contribution is 8.09. The Morgan fingerprint density at radius 3 is 2.57 bits per heavy atom. The monoisotopic (exact) mass is 447 g/mol. The summed E-state index contributed by atoms with van der Waals surface area (Å²) in [6.45, 7) is 9.51. The van der Waals surface area contributed by atoms with E-state index < -0.39 is 23.6 Å². The van der Waals surface area contributed by atoms with Crippen LogP contribution in [-0.2, 0) is 15.0 Å². The zero-order chi connectivity index (χ0) is 22.1. The molecule has 0 radical (unpaired) electrons. The van der Waals surface area contributed by atoms with Crippen molar-refractivity contribution in [1.82, 2.24) is 0 Å². The van der Waals surface area contributed by atoms with Crippen molar-refractivity contribution in [2.24, 2.45) is 5.92 Å². The van der Waals surface area contributed by atoms with Crippen LogP contribution in [0.3, 0.4) is 0 Å². The quantitative estimate of drug-likeness (QED) is 0.240. The van der Waals surface area contributed by atoms with E-state index in [0.29, 0.717) is 0 Å². The molecule has 1 saturated carbocycles. The molecule has 30 heavy (non-hydrogen) atoms. The fraction of sp³-hybridized carbons (Fsp3) is 0.583. The number of benzene rings is 1. The Morgan fingerprint density at radius 2 is 1.93 bits per heavy atom. The summed E-state index contributed by atoms with van der Waals surface area (Å²) in [6.07, 6.45) is 5.23. The minimum atomic E-state index is -1.20. The second-order valence-corrected chi connectivity index (χ2v) is 10.9. The summed E-state index contributed by atoms with van der Waals surface area (Å²) in [6, 6.07) is 6.54. The highest BCUT2D eigenvalue weighted by atomic mass is 32.2. The number of carbonyl (C=O) groups is 2. The van der Waals surface area contributed by atoms with Gasteiger partial charge in [-0.3, -0.25) is 9.59 Å². The summed E-state index contributed by atoms with van der Waals surface area (Å²) in [5.74, 6) is -0.884. The average molecular weight is 448 g/mol. The zero-order valence-corrected chi connectivity index (χ0v) is 20.1. The molecule has 1 heterocycles. The van der Waals surface area contributed by atoms with E-state index in [-0.39, 0.29) is 10.00 Å². The predicted molar refractivity (Wildman–Crippen MR) is 128 cm³/mol. The normalized spacial score (nSPS) is 24.9. The van der Waals surface area contributed by atoms with E-state index in [1.807, 2.05) is 6.08 Å². The third kappa shape index (κ3) is 4.23. The van der Waals surface area contributed by atoms with Crippen LogP contribution in [0.15, 0.2) is 30.0 Å². The molecular formula is C24H33NO3S2. The number of rotatable bonds is 9. The number of aliphatic hydroxyl groups excluding tert-OH is 1. The van der Waals surface area contributed by atoms with Gasteiger partial charge in [0, 0.05) is 23.3 Å². The van der Waals surface area contributed by atoms with Gasteiger partial charge in [0.05, 0.1) is 10.5 Å². The number of thioether (sulfide) groups is 1. The number of hydrogen-bond donors (Lipinski definition) is 2. The average Bonchev–Trinajstić information content (AvgIpc) is 2.94. The van der Waals surface area contributed by atoms with E-state index in [1.54, 1.807) is 11.8 Å². The number of nitrogens with zero attached hydrogens (tertiary/aromatic N) is 1. The highest BCUT2D eigenvalue weighted by Crippen LogP contribution is 2.50. The molecule has 164 valence electrons. The van der Waals surface area contributed by atoms with Crippen LogP contribution in [-0.4, -0.2) is 35.1 Å². The van der Waals surface area contributed by atoms with E-state index in [2.05, 4.69) is 50.8 Å². The third-order valence-corrected chi connectivity index (χ3v) is 7.92. The Bertz CT molecular complexity index is 849. The van der Waals surface area contributed by atoms with Crippen LogP contribution in [0.1, 0.15) is 69.1 Å². The molecule has 6 heteroatoms. The first kappa shape index (κ1) is 23.4. The van der Waals surface area contributed by atoms with E-state index in [1.165, 1.54) is 24.0 Å². The van der Waals surface area contributed by atoms with Crippen molar-refractivity contribution in [3.05, 3.63) is 41.1 Å². The van der Waals surface area contributed by atoms with Gasteiger partial charge in [-0.15, -0.1) is 11.8 Å². The molecular weight excluding hydrogens is 414 g/mol. The molecule has 0 spiro atoms. The van der Waals surface area contributed by atoms with Crippen molar-refractivity contribution in [3.8, 4) is 0 Å². The van der Waals surface area contributed by atoms with Crippen molar-refractivity contribution < 1.29 is 14.7 Å². The van der Waals surface area contributed by atoms with Gasteiger partial charge in [0.2, 0.25) is 11.6 Å². The summed E-state index contributed by atoms with van der Waals surface area (Å²) in [5.41, 5.74) is 4.24. The molecule has 0 bridgehead atoms. The molecule has 3 atom stereocenters. The Morgan fingerprint density at radius 1 is 1.20 bits per heavy atom. The van der Waals surface area contributed by atoms with Gasteiger partial charge in [-0.1, -0.05) is 65.2 Å². The van der Waals surface area contributed by atoms with Gasteiger partial charge >= 0.3 is 0 Å². The van der Waals surface area contributed by atoms with Gasteiger partial charge in [0.1, 0.15) is 6.10 Å². The smallest absolute Gasteiger partial charge is 0.228 e. The van der Waals surface area contributed by atoms with Gasteiger partial charge < -0.3 is 10.0 Å². The van der Waals surface area contributed by atoms with Gasteiger partial charge in [0.15, 0.2) is 0 Å². The number of anilines is 1. The number of aliphatic hydroxyl groups is 1. The van der Waals surface area contributed by atoms with Crippen LogP contribution in [0.2, 0.25) is 0 Å². The molecule has 0 amide bonds.